The van der Waals surface area contributed by atoms with Crippen LogP contribution in [0.1, 0.15) is 49.3 Å². The third-order valence-electron chi connectivity index (χ3n) is 5.05. The van der Waals surface area contributed by atoms with Crippen LogP contribution in [0.5, 0.6) is 0 Å². The molecule has 8 nitrogen and oxygen atoms in total. The van der Waals surface area contributed by atoms with E-state index in [-0.39, 0.29) is 42.9 Å². The molecule has 25 heavy (non-hydrogen) atoms. The SMILES string of the molecule is O=C(O)N[C@H]1C[C@H]2O[C@@H]1C[C@@H]2c1nnc(C2CC(OC(F)(F)F)C2)o1. The Morgan fingerprint density at radius 2 is 1.88 bits per heavy atom. The summed E-state index contributed by atoms with van der Waals surface area (Å²) in [5.41, 5.74) is 0. The third-order valence-corrected chi connectivity index (χ3v) is 5.05. The summed E-state index contributed by atoms with van der Waals surface area (Å²) in [4.78, 5) is 10.7. The van der Waals surface area contributed by atoms with E-state index in [1.54, 1.807) is 0 Å². The first kappa shape index (κ1) is 16.6. The highest BCUT2D eigenvalue weighted by molar-refractivity contribution is 5.65. The minimum Gasteiger partial charge on any atom is -0.465 e. The molecule has 4 atom stereocenters. The van der Waals surface area contributed by atoms with Crippen LogP contribution in [-0.2, 0) is 9.47 Å². The minimum atomic E-state index is -4.63. The molecule has 0 spiro atoms. The molecule has 1 aliphatic carbocycles. The van der Waals surface area contributed by atoms with Gasteiger partial charge < -0.3 is 19.6 Å². The molecule has 2 aliphatic heterocycles. The first-order valence-electron chi connectivity index (χ1n) is 8.01. The fraction of sp³-hybridized carbons (Fsp3) is 0.786. The molecule has 0 radical (unpaired) electrons. The van der Waals surface area contributed by atoms with Crippen LogP contribution in [0.15, 0.2) is 4.42 Å². The van der Waals surface area contributed by atoms with E-state index in [2.05, 4.69) is 20.3 Å². The molecule has 0 aromatic carbocycles. The van der Waals surface area contributed by atoms with E-state index in [1.165, 1.54) is 0 Å². The number of amides is 1. The highest BCUT2D eigenvalue weighted by Gasteiger charge is 2.50. The largest absolute Gasteiger partial charge is 0.522 e. The summed E-state index contributed by atoms with van der Waals surface area (Å²) in [6, 6.07) is -0.243. The summed E-state index contributed by atoms with van der Waals surface area (Å²) >= 11 is 0. The van der Waals surface area contributed by atoms with Gasteiger partial charge in [0.25, 0.3) is 0 Å². The summed E-state index contributed by atoms with van der Waals surface area (Å²) in [5, 5.41) is 19.2. The number of alkyl halides is 3. The summed E-state index contributed by atoms with van der Waals surface area (Å²) in [6.45, 7) is 0. The zero-order chi connectivity index (χ0) is 17.8. The Hall–Kier alpha value is -1.88. The van der Waals surface area contributed by atoms with Gasteiger partial charge in [-0.2, -0.15) is 0 Å². The van der Waals surface area contributed by atoms with Gasteiger partial charge in [-0.3, -0.25) is 4.74 Å². The molecular weight excluding hydrogens is 347 g/mol. The van der Waals surface area contributed by atoms with Crippen LogP contribution in [-0.4, -0.2) is 52.1 Å². The van der Waals surface area contributed by atoms with Gasteiger partial charge in [-0.25, -0.2) is 4.79 Å². The number of nitrogens with zero attached hydrogens (tertiary/aromatic N) is 2. The first-order chi connectivity index (χ1) is 11.8. The van der Waals surface area contributed by atoms with Crippen molar-refractivity contribution in [3.63, 3.8) is 0 Å². The van der Waals surface area contributed by atoms with Crippen molar-refractivity contribution in [3.05, 3.63) is 11.8 Å². The van der Waals surface area contributed by atoms with E-state index in [1.807, 2.05) is 0 Å². The fourth-order valence-corrected chi connectivity index (χ4v) is 3.84. The summed E-state index contributed by atoms with van der Waals surface area (Å²) in [5.74, 6) is 0.381. The lowest BCUT2D eigenvalue weighted by Crippen LogP contribution is -2.41. The van der Waals surface area contributed by atoms with Gasteiger partial charge in [0.15, 0.2) is 0 Å². The maximum absolute atomic E-state index is 12.1. The molecular formula is C14H16F3N3O5. The van der Waals surface area contributed by atoms with E-state index >= 15 is 0 Å². The van der Waals surface area contributed by atoms with Crippen LogP contribution in [0, 0.1) is 0 Å². The lowest BCUT2D eigenvalue weighted by Gasteiger charge is -2.32. The van der Waals surface area contributed by atoms with Crippen molar-refractivity contribution in [2.75, 3.05) is 0 Å². The molecule has 2 bridgehead atoms. The van der Waals surface area contributed by atoms with Gasteiger partial charge in [0.1, 0.15) is 0 Å². The molecule has 1 saturated carbocycles. The summed E-state index contributed by atoms with van der Waals surface area (Å²) in [6.07, 6.45) is -5.51. The Morgan fingerprint density at radius 1 is 1.16 bits per heavy atom. The van der Waals surface area contributed by atoms with Crippen LogP contribution < -0.4 is 5.32 Å². The van der Waals surface area contributed by atoms with Gasteiger partial charge in [0.2, 0.25) is 11.8 Å². The van der Waals surface area contributed by atoms with Crippen molar-refractivity contribution in [1.29, 1.82) is 0 Å². The quantitative estimate of drug-likeness (QED) is 0.844. The highest BCUT2D eigenvalue weighted by Crippen LogP contribution is 2.46. The van der Waals surface area contributed by atoms with Gasteiger partial charge in [0, 0.05) is 5.92 Å². The Kier molecular flexibility index (Phi) is 3.87. The van der Waals surface area contributed by atoms with E-state index in [4.69, 9.17) is 14.3 Å². The zero-order valence-electron chi connectivity index (χ0n) is 12.9. The molecule has 11 heteroatoms. The van der Waals surface area contributed by atoms with Crippen molar-refractivity contribution < 1.29 is 37.0 Å². The van der Waals surface area contributed by atoms with Crippen molar-refractivity contribution in [1.82, 2.24) is 15.5 Å². The van der Waals surface area contributed by atoms with Crippen LogP contribution in [0.3, 0.4) is 0 Å². The molecule has 1 aromatic rings. The second-order valence-electron chi connectivity index (χ2n) is 6.68. The normalized spacial score (nSPS) is 37.1. The predicted molar refractivity (Wildman–Crippen MR) is 72.8 cm³/mol. The number of hydrogen-bond donors (Lipinski definition) is 2. The van der Waals surface area contributed by atoms with Crippen molar-refractivity contribution in [3.8, 4) is 0 Å². The summed E-state index contributed by atoms with van der Waals surface area (Å²) < 4.78 is 51.7. The third kappa shape index (κ3) is 3.30. The lowest BCUT2D eigenvalue weighted by atomic mass is 9.82. The fourth-order valence-electron chi connectivity index (χ4n) is 3.84. The first-order valence-corrected chi connectivity index (χ1v) is 8.01. The molecule has 0 unspecified atom stereocenters. The molecule has 1 aromatic heterocycles. The average Bonchev–Trinajstić information content (AvgIpc) is 3.14. The molecule has 138 valence electrons. The van der Waals surface area contributed by atoms with Crippen LogP contribution in [0.4, 0.5) is 18.0 Å². The number of fused-ring (bicyclic) bond motifs is 2. The van der Waals surface area contributed by atoms with Crippen LogP contribution in [0.25, 0.3) is 0 Å². The standard InChI is InChI=1S/C14H16F3N3O5/c15-14(16,17)25-6-1-5(2-6)11-19-20-12(24-11)7-3-10-8(18-13(21)22)4-9(7)23-10/h5-10,18H,1-4H2,(H,21,22)/t5?,6?,7-,8-,9+,10+/m0/s1. The second-order valence-corrected chi connectivity index (χ2v) is 6.68. The predicted octanol–water partition coefficient (Wildman–Crippen LogP) is 2.13. The van der Waals surface area contributed by atoms with Crippen molar-refractivity contribution in [2.45, 2.75) is 68.2 Å². The average molecular weight is 363 g/mol. The van der Waals surface area contributed by atoms with Crippen molar-refractivity contribution >= 4 is 6.09 Å². The number of rotatable bonds is 4. The number of carbonyl (C=O) groups is 1. The van der Waals surface area contributed by atoms with Gasteiger partial charge in [-0.15, -0.1) is 23.4 Å². The van der Waals surface area contributed by atoms with Crippen LogP contribution in [0.2, 0.25) is 0 Å². The lowest BCUT2D eigenvalue weighted by molar-refractivity contribution is -0.352. The van der Waals surface area contributed by atoms with E-state index in [0.717, 1.165) is 0 Å². The number of carboxylic acid groups (broad SMARTS) is 1. The molecule has 4 rings (SSSR count). The molecule has 2 N–H and O–H groups in total. The molecule has 3 aliphatic rings. The van der Waals surface area contributed by atoms with E-state index < -0.39 is 18.6 Å². The van der Waals surface area contributed by atoms with E-state index in [9.17, 15) is 18.0 Å². The highest BCUT2D eigenvalue weighted by atomic mass is 19.4. The molecule has 3 fully saturated rings. The maximum atomic E-state index is 12.1. The number of nitrogens with one attached hydrogen (secondary N) is 1. The molecule has 1 amide bonds. The van der Waals surface area contributed by atoms with E-state index in [0.29, 0.717) is 24.6 Å². The maximum Gasteiger partial charge on any atom is 0.522 e. The number of ether oxygens (including phenoxy) is 2. The van der Waals surface area contributed by atoms with Gasteiger partial charge >= 0.3 is 12.5 Å². The topological polar surface area (TPSA) is 107 Å². The Balaban J connectivity index is 1.33. The molecule has 2 saturated heterocycles. The number of aromatic nitrogens is 2. The Bertz CT molecular complexity index is 660. The zero-order valence-corrected chi connectivity index (χ0v) is 12.9. The Morgan fingerprint density at radius 3 is 2.48 bits per heavy atom. The second kappa shape index (κ2) is 5.84. The number of halogens is 3. The smallest absolute Gasteiger partial charge is 0.465 e. The number of hydrogen-bond acceptors (Lipinski definition) is 6. The van der Waals surface area contributed by atoms with Gasteiger partial charge in [-0.1, -0.05) is 0 Å². The summed E-state index contributed by atoms with van der Waals surface area (Å²) in [7, 11) is 0. The minimum absolute atomic E-state index is 0.111. The molecule has 3 heterocycles. The van der Waals surface area contributed by atoms with Crippen LogP contribution >= 0.6 is 0 Å². The van der Waals surface area contributed by atoms with Gasteiger partial charge in [0.05, 0.1) is 30.3 Å². The van der Waals surface area contributed by atoms with Gasteiger partial charge in [-0.05, 0) is 25.7 Å². The van der Waals surface area contributed by atoms with Crippen molar-refractivity contribution in [2.24, 2.45) is 0 Å². The Labute approximate surface area is 139 Å². The monoisotopic (exact) mass is 363 g/mol.